The van der Waals surface area contributed by atoms with Crippen LogP contribution in [-0.2, 0) is 0 Å². The van der Waals surface area contributed by atoms with Crippen LogP contribution in [0.4, 0.5) is 0 Å². The zero-order chi connectivity index (χ0) is 13.0. The lowest BCUT2D eigenvalue weighted by Crippen LogP contribution is -2.18. The molecule has 0 spiro atoms. The Labute approximate surface area is 109 Å². The maximum atomic E-state index is 6.05. The first-order valence-corrected chi connectivity index (χ1v) is 7.27. The lowest BCUT2D eigenvalue weighted by Gasteiger charge is -2.15. The minimum atomic E-state index is -0.115. The van der Waals surface area contributed by atoms with E-state index in [-0.39, 0.29) is 6.04 Å². The SMILES string of the molecule is CC(C)C(N)c1noc(C2CCCCCCC2)n1. The van der Waals surface area contributed by atoms with Crippen LogP contribution < -0.4 is 5.73 Å². The van der Waals surface area contributed by atoms with E-state index in [4.69, 9.17) is 10.3 Å². The van der Waals surface area contributed by atoms with Crippen molar-refractivity contribution in [2.24, 2.45) is 11.7 Å². The molecule has 0 aliphatic heterocycles. The fourth-order valence-corrected chi connectivity index (χ4v) is 2.55. The largest absolute Gasteiger partial charge is 0.339 e. The second kappa shape index (κ2) is 6.32. The molecule has 1 unspecified atom stereocenters. The normalized spacial score (nSPS) is 20.7. The van der Waals surface area contributed by atoms with Gasteiger partial charge in [-0.05, 0) is 18.8 Å². The summed E-state index contributed by atoms with van der Waals surface area (Å²) in [6, 6.07) is -0.115. The van der Waals surface area contributed by atoms with Crippen molar-refractivity contribution >= 4 is 0 Å². The molecular weight excluding hydrogens is 226 g/mol. The average molecular weight is 251 g/mol. The zero-order valence-electron chi connectivity index (χ0n) is 11.6. The third kappa shape index (κ3) is 3.31. The van der Waals surface area contributed by atoms with Crippen LogP contribution in [0.3, 0.4) is 0 Å². The van der Waals surface area contributed by atoms with Gasteiger partial charge in [0.1, 0.15) is 0 Å². The number of hydrogen-bond acceptors (Lipinski definition) is 4. The molecule has 4 heteroatoms. The number of nitrogens with zero attached hydrogens (tertiary/aromatic N) is 2. The maximum Gasteiger partial charge on any atom is 0.229 e. The van der Waals surface area contributed by atoms with Crippen LogP contribution in [0, 0.1) is 5.92 Å². The summed E-state index contributed by atoms with van der Waals surface area (Å²) in [6.07, 6.45) is 8.96. The second-order valence-electron chi connectivity index (χ2n) is 5.80. The summed E-state index contributed by atoms with van der Waals surface area (Å²) < 4.78 is 5.43. The van der Waals surface area contributed by atoms with Crippen molar-refractivity contribution in [1.82, 2.24) is 10.1 Å². The highest BCUT2D eigenvalue weighted by Crippen LogP contribution is 2.30. The van der Waals surface area contributed by atoms with Crippen LogP contribution in [0.2, 0.25) is 0 Å². The van der Waals surface area contributed by atoms with Crippen LogP contribution in [0.5, 0.6) is 0 Å². The summed E-state index contributed by atoms with van der Waals surface area (Å²) in [5, 5.41) is 4.06. The Balaban J connectivity index is 2.03. The molecule has 2 rings (SSSR count). The van der Waals surface area contributed by atoms with Crippen LogP contribution in [0.15, 0.2) is 4.52 Å². The average Bonchev–Trinajstić information content (AvgIpc) is 2.76. The molecule has 1 aromatic rings. The molecule has 1 aromatic heterocycles. The molecule has 1 aliphatic rings. The predicted molar refractivity (Wildman–Crippen MR) is 71.1 cm³/mol. The molecule has 0 saturated heterocycles. The van der Waals surface area contributed by atoms with Gasteiger partial charge in [0, 0.05) is 5.92 Å². The molecule has 18 heavy (non-hydrogen) atoms. The number of hydrogen-bond donors (Lipinski definition) is 1. The van der Waals surface area contributed by atoms with Crippen LogP contribution >= 0.6 is 0 Å². The van der Waals surface area contributed by atoms with E-state index in [2.05, 4.69) is 24.0 Å². The van der Waals surface area contributed by atoms with E-state index in [1.165, 1.54) is 44.9 Å². The Hall–Kier alpha value is -0.900. The molecule has 2 N–H and O–H groups in total. The van der Waals surface area contributed by atoms with E-state index in [0.717, 1.165) is 5.89 Å². The molecule has 0 radical (unpaired) electrons. The van der Waals surface area contributed by atoms with Gasteiger partial charge in [-0.1, -0.05) is 51.1 Å². The highest BCUT2D eigenvalue weighted by molar-refractivity contribution is 4.98. The number of aromatic nitrogens is 2. The summed E-state index contributed by atoms with van der Waals surface area (Å²) >= 11 is 0. The molecule has 0 aromatic carbocycles. The fourth-order valence-electron chi connectivity index (χ4n) is 2.55. The van der Waals surface area contributed by atoms with E-state index < -0.39 is 0 Å². The molecule has 0 bridgehead atoms. The highest BCUT2D eigenvalue weighted by Gasteiger charge is 2.23. The van der Waals surface area contributed by atoms with E-state index in [1.54, 1.807) is 0 Å². The van der Waals surface area contributed by atoms with Gasteiger partial charge in [0.25, 0.3) is 0 Å². The van der Waals surface area contributed by atoms with Crippen molar-refractivity contribution in [3.05, 3.63) is 11.7 Å². The van der Waals surface area contributed by atoms with Crippen molar-refractivity contribution < 1.29 is 4.52 Å². The quantitative estimate of drug-likeness (QED) is 0.892. The second-order valence-corrected chi connectivity index (χ2v) is 5.80. The Bertz CT molecular complexity index is 354. The maximum absolute atomic E-state index is 6.05. The van der Waals surface area contributed by atoms with Crippen LogP contribution in [0.25, 0.3) is 0 Å². The first kappa shape index (κ1) is 13.5. The third-order valence-electron chi connectivity index (χ3n) is 3.93. The van der Waals surface area contributed by atoms with E-state index >= 15 is 0 Å². The van der Waals surface area contributed by atoms with E-state index in [9.17, 15) is 0 Å². The van der Waals surface area contributed by atoms with E-state index in [0.29, 0.717) is 17.7 Å². The zero-order valence-corrected chi connectivity index (χ0v) is 11.6. The molecular formula is C14H25N3O. The topological polar surface area (TPSA) is 64.9 Å². The Morgan fingerprint density at radius 3 is 2.33 bits per heavy atom. The first-order valence-electron chi connectivity index (χ1n) is 7.27. The van der Waals surface area contributed by atoms with Gasteiger partial charge in [-0.2, -0.15) is 4.98 Å². The first-order chi connectivity index (χ1) is 8.68. The summed E-state index contributed by atoms with van der Waals surface area (Å²) in [4.78, 5) is 4.52. The summed E-state index contributed by atoms with van der Waals surface area (Å²) in [7, 11) is 0. The summed E-state index contributed by atoms with van der Waals surface area (Å²) in [5.74, 6) is 2.27. The fraction of sp³-hybridized carbons (Fsp3) is 0.857. The van der Waals surface area contributed by atoms with Gasteiger partial charge in [-0.25, -0.2) is 0 Å². The van der Waals surface area contributed by atoms with Gasteiger partial charge in [0.05, 0.1) is 6.04 Å². The number of rotatable bonds is 3. The number of nitrogens with two attached hydrogens (primary N) is 1. The monoisotopic (exact) mass is 251 g/mol. The molecule has 1 aliphatic carbocycles. The molecule has 1 heterocycles. The molecule has 102 valence electrons. The lowest BCUT2D eigenvalue weighted by molar-refractivity contribution is 0.317. The van der Waals surface area contributed by atoms with Crippen molar-refractivity contribution in [2.75, 3.05) is 0 Å². The van der Waals surface area contributed by atoms with Gasteiger partial charge in [-0.3, -0.25) is 0 Å². The minimum absolute atomic E-state index is 0.115. The van der Waals surface area contributed by atoms with Crippen molar-refractivity contribution in [3.8, 4) is 0 Å². The molecule has 4 nitrogen and oxygen atoms in total. The van der Waals surface area contributed by atoms with Gasteiger partial charge in [0.15, 0.2) is 5.82 Å². The summed E-state index contributed by atoms with van der Waals surface area (Å²) in [6.45, 7) is 4.16. The molecule has 0 amide bonds. The Morgan fingerprint density at radius 2 is 1.72 bits per heavy atom. The lowest BCUT2D eigenvalue weighted by atomic mass is 9.91. The molecule has 1 fully saturated rings. The van der Waals surface area contributed by atoms with Crippen LogP contribution in [-0.4, -0.2) is 10.1 Å². The Morgan fingerprint density at radius 1 is 1.11 bits per heavy atom. The standard InChI is InChI=1S/C14H25N3O/c1-10(2)12(15)13-16-14(18-17-13)11-8-6-4-3-5-7-9-11/h10-12H,3-9,15H2,1-2H3. The highest BCUT2D eigenvalue weighted by atomic mass is 16.5. The van der Waals surface area contributed by atoms with Crippen molar-refractivity contribution in [2.45, 2.75) is 70.8 Å². The third-order valence-corrected chi connectivity index (χ3v) is 3.93. The molecule has 1 atom stereocenters. The predicted octanol–water partition coefficient (Wildman–Crippen LogP) is 3.55. The van der Waals surface area contributed by atoms with Crippen molar-refractivity contribution in [3.63, 3.8) is 0 Å². The smallest absolute Gasteiger partial charge is 0.229 e. The minimum Gasteiger partial charge on any atom is -0.339 e. The van der Waals surface area contributed by atoms with Gasteiger partial charge >= 0.3 is 0 Å². The van der Waals surface area contributed by atoms with Gasteiger partial charge in [0.2, 0.25) is 5.89 Å². The van der Waals surface area contributed by atoms with E-state index in [1.807, 2.05) is 0 Å². The van der Waals surface area contributed by atoms with Crippen molar-refractivity contribution in [1.29, 1.82) is 0 Å². The Kier molecular flexibility index (Phi) is 4.75. The summed E-state index contributed by atoms with van der Waals surface area (Å²) in [5.41, 5.74) is 6.05. The van der Waals surface area contributed by atoms with Gasteiger partial charge in [-0.15, -0.1) is 0 Å². The van der Waals surface area contributed by atoms with Gasteiger partial charge < -0.3 is 10.3 Å². The van der Waals surface area contributed by atoms with Crippen LogP contribution in [0.1, 0.15) is 82.5 Å². The molecule has 1 saturated carbocycles.